The van der Waals surface area contributed by atoms with Crippen molar-refractivity contribution >= 4 is 40.6 Å². The monoisotopic (exact) mass is 432 g/mol. The lowest BCUT2D eigenvalue weighted by Crippen LogP contribution is -2.36. The van der Waals surface area contributed by atoms with Gasteiger partial charge in [0.25, 0.3) is 11.1 Å². The molecule has 1 aromatic heterocycles. The molecule has 2 aromatic carbocycles. The molecule has 0 atom stereocenters. The van der Waals surface area contributed by atoms with Crippen molar-refractivity contribution in [3.05, 3.63) is 82.5 Å². The summed E-state index contributed by atoms with van der Waals surface area (Å²) in [4.78, 5) is 38.5. The zero-order chi connectivity index (χ0) is 22.0. The highest BCUT2D eigenvalue weighted by Gasteiger charge is 2.36. The van der Waals surface area contributed by atoms with Crippen molar-refractivity contribution < 1.29 is 18.8 Å². The lowest BCUT2D eigenvalue weighted by atomic mass is 10.1. The Bertz CT molecular complexity index is 1200. The Morgan fingerprint density at radius 2 is 1.81 bits per heavy atom. The first-order valence-corrected chi connectivity index (χ1v) is 10.5. The highest BCUT2D eigenvalue weighted by Crippen LogP contribution is 2.33. The number of amides is 3. The summed E-state index contributed by atoms with van der Waals surface area (Å²) in [6, 6.07) is 18.7. The van der Waals surface area contributed by atoms with E-state index in [4.69, 9.17) is 4.42 Å². The van der Waals surface area contributed by atoms with Crippen molar-refractivity contribution in [1.82, 2.24) is 4.90 Å². The predicted octanol–water partition coefficient (Wildman–Crippen LogP) is 5.24. The van der Waals surface area contributed by atoms with E-state index in [0.29, 0.717) is 17.2 Å². The van der Waals surface area contributed by atoms with Crippen LogP contribution in [0.1, 0.15) is 16.9 Å². The maximum atomic E-state index is 12.7. The van der Waals surface area contributed by atoms with E-state index in [0.717, 1.165) is 33.4 Å². The number of nitrogens with zero attached hydrogens (tertiary/aromatic N) is 1. The fraction of sp³-hybridized carbons (Fsp3) is 0.125. The van der Waals surface area contributed by atoms with E-state index in [1.165, 1.54) is 6.08 Å². The van der Waals surface area contributed by atoms with Gasteiger partial charge in [-0.15, -0.1) is 0 Å². The molecule has 1 aliphatic rings. The molecule has 3 aromatic rings. The fourth-order valence-corrected chi connectivity index (χ4v) is 3.94. The van der Waals surface area contributed by atoms with Crippen molar-refractivity contribution in [2.45, 2.75) is 13.8 Å². The van der Waals surface area contributed by atoms with E-state index in [1.807, 2.05) is 62.4 Å². The second-order valence-corrected chi connectivity index (χ2v) is 8.18. The van der Waals surface area contributed by atoms with Crippen molar-refractivity contribution in [3.63, 3.8) is 0 Å². The van der Waals surface area contributed by atoms with Crippen LogP contribution in [0.15, 0.2) is 70.0 Å². The zero-order valence-corrected chi connectivity index (χ0v) is 17.9. The number of rotatable bonds is 5. The first-order chi connectivity index (χ1) is 14.9. The third kappa shape index (κ3) is 4.62. The van der Waals surface area contributed by atoms with Gasteiger partial charge in [-0.2, -0.15) is 0 Å². The minimum atomic E-state index is -0.511. The predicted molar refractivity (Wildman–Crippen MR) is 121 cm³/mol. The summed E-state index contributed by atoms with van der Waals surface area (Å²) in [5, 5.41) is 2.25. The van der Waals surface area contributed by atoms with Crippen LogP contribution in [0.3, 0.4) is 0 Å². The second kappa shape index (κ2) is 8.65. The maximum Gasteiger partial charge on any atom is 0.294 e. The summed E-state index contributed by atoms with van der Waals surface area (Å²) in [6.45, 7) is 3.59. The molecule has 0 saturated carbocycles. The lowest BCUT2D eigenvalue weighted by molar-refractivity contribution is -0.127. The number of benzene rings is 2. The molecule has 156 valence electrons. The molecule has 0 radical (unpaired) electrons. The highest BCUT2D eigenvalue weighted by molar-refractivity contribution is 8.18. The van der Waals surface area contributed by atoms with Crippen LogP contribution in [0.4, 0.5) is 10.5 Å². The van der Waals surface area contributed by atoms with Gasteiger partial charge in [0, 0.05) is 17.3 Å². The number of thioether (sulfide) groups is 1. The smallest absolute Gasteiger partial charge is 0.294 e. The molecule has 1 saturated heterocycles. The Morgan fingerprint density at radius 3 is 2.55 bits per heavy atom. The van der Waals surface area contributed by atoms with Crippen LogP contribution in [-0.2, 0) is 9.59 Å². The first kappa shape index (κ1) is 20.7. The van der Waals surface area contributed by atoms with E-state index in [2.05, 4.69) is 5.32 Å². The summed E-state index contributed by atoms with van der Waals surface area (Å²) < 4.78 is 5.78. The van der Waals surface area contributed by atoms with Gasteiger partial charge in [-0.1, -0.05) is 36.4 Å². The molecular weight excluding hydrogens is 412 g/mol. The summed E-state index contributed by atoms with van der Waals surface area (Å²) in [6.07, 6.45) is 1.53. The van der Waals surface area contributed by atoms with Gasteiger partial charge in [-0.25, -0.2) is 0 Å². The van der Waals surface area contributed by atoms with Crippen LogP contribution < -0.4 is 5.32 Å². The van der Waals surface area contributed by atoms with Gasteiger partial charge in [0.2, 0.25) is 5.91 Å². The minimum Gasteiger partial charge on any atom is -0.457 e. The van der Waals surface area contributed by atoms with Crippen LogP contribution >= 0.6 is 11.8 Å². The van der Waals surface area contributed by atoms with Crippen molar-refractivity contribution in [3.8, 4) is 11.3 Å². The third-order valence-corrected chi connectivity index (χ3v) is 5.83. The molecule has 0 bridgehead atoms. The van der Waals surface area contributed by atoms with E-state index < -0.39 is 17.1 Å². The lowest BCUT2D eigenvalue weighted by Gasteiger charge is -2.13. The molecule has 4 rings (SSSR count). The Hall–Kier alpha value is -3.58. The molecule has 7 heteroatoms. The number of nitrogens with one attached hydrogen (secondary N) is 1. The fourth-order valence-electron chi connectivity index (χ4n) is 3.12. The number of hydrogen-bond acceptors (Lipinski definition) is 5. The topological polar surface area (TPSA) is 79.6 Å². The van der Waals surface area contributed by atoms with Crippen LogP contribution in [0.25, 0.3) is 17.4 Å². The largest absolute Gasteiger partial charge is 0.457 e. The summed E-state index contributed by atoms with van der Waals surface area (Å²) >= 11 is 0.793. The first-order valence-electron chi connectivity index (χ1n) is 9.68. The number of anilines is 1. The van der Waals surface area contributed by atoms with Crippen LogP contribution in [0, 0.1) is 13.8 Å². The molecular formula is C24H20N2O4S. The third-order valence-electron chi connectivity index (χ3n) is 4.92. The number of hydrogen-bond donors (Lipinski definition) is 1. The Kier molecular flexibility index (Phi) is 5.77. The molecule has 3 amide bonds. The summed E-state index contributed by atoms with van der Waals surface area (Å²) in [5.41, 5.74) is 3.69. The number of carbonyl (C=O) groups excluding carboxylic acids is 3. The van der Waals surface area contributed by atoms with E-state index in [9.17, 15) is 14.4 Å². The number of furan rings is 1. The molecule has 1 N–H and O–H groups in total. The molecule has 6 nitrogen and oxygen atoms in total. The van der Waals surface area contributed by atoms with Crippen LogP contribution in [0.5, 0.6) is 0 Å². The number of carbonyl (C=O) groups is 3. The Labute approximate surface area is 183 Å². The van der Waals surface area contributed by atoms with Gasteiger partial charge in [0.1, 0.15) is 18.1 Å². The molecule has 2 heterocycles. The van der Waals surface area contributed by atoms with Crippen molar-refractivity contribution in [2.75, 3.05) is 11.9 Å². The van der Waals surface area contributed by atoms with Crippen molar-refractivity contribution in [1.29, 1.82) is 0 Å². The van der Waals surface area contributed by atoms with E-state index >= 15 is 0 Å². The normalized spacial score (nSPS) is 15.0. The van der Waals surface area contributed by atoms with E-state index in [1.54, 1.807) is 12.1 Å². The van der Waals surface area contributed by atoms with Crippen molar-refractivity contribution in [2.24, 2.45) is 0 Å². The Morgan fingerprint density at radius 1 is 1.03 bits per heavy atom. The van der Waals surface area contributed by atoms with Gasteiger partial charge in [-0.3, -0.25) is 19.3 Å². The number of aryl methyl sites for hydroxylation is 2. The average molecular weight is 433 g/mol. The standard InChI is InChI=1S/C24H20N2O4S/c1-15-8-9-18(12-16(15)2)25-22(27)14-26-23(28)21(31-24(26)29)13-19-10-11-20(30-19)17-6-4-3-5-7-17/h3-13H,14H2,1-2H3,(H,25,27)/b21-13+. The molecule has 1 fully saturated rings. The van der Waals surface area contributed by atoms with Crippen LogP contribution in [0.2, 0.25) is 0 Å². The molecule has 0 spiro atoms. The van der Waals surface area contributed by atoms with E-state index in [-0.39, 0.29) is 11.4 Å². The Balaban J connectivity index is 1.44. The van der Waals surface area contributed by atoms with Gasteiger partial charge < -0.3 is 9.73 Å². The zero-order valence-electron chi connectivity index (χ0n) is 17.0. The highest BCUT2D eigenvalue weighted by atomic mass is 32.2. The average Bonchev–Trinajstić information content (AvgIpc) is 3.32. The molecule has 1 aliphatic heterocycles. The molecule has 0 unspecified atom stereocenters. The van der Waals surface area contributed by atoms with Gasteiger partial charge in [-0.05, 0) is 61.0 Å². The molecule has 0 aliphatic carbocycles. The number of imide groups is 1. The molecule has 31 heavy (non-hydrogen) atoms. The second-order valence-electron chi connectivity index (χ2n) is 7.18. The summed E-state index contributed by atoms with van der Waals surface area (Å²) in [5.74, 6) is 0.182. The SMILES string of the molecule is Cc1ccc(NC(=O)CN2C(=O)S/C(=C/c3ccc(-c4ccccc4)o3)C2=O)cc1C. The van der Waals surface area contributed by atoms with Gasteiger partial charge in [0.05, 0.1) is 4.91 Å². The quantitative estimate of drug-likeness (QED) is 0.558. The maximum absolute atomic E-state index is 12.7. The van der Waals surface area contributed by atoms with Gasteiger partial charge >= 0.3 is 0 Å². The van der Waals surface area contributed by atoms with Crippen LogP contribution in [-0.4, -0.2) is 28.5 Å². The van der Waals surface area contributed by atoms with Gasteiger partial charge in [0.15, 0.2) is 0 Å². The summed E-state index contributed by atoms with van der Waals surface area (Å²) in [7, 11) is 0. The minimum absolute atomic E-state index is 0.220.